The highest BCUT2D eigenvalue weighted by Gasteiger charge is 1.98. The van der Waals surface area contributed by atoms with Crippen molar-refractivity contribution in [3.8, 4) is 5.69 Å². The fourth-order valence-corrected chi connectivity index (χ4v) is 1.26. The van der Waals surface area contributed by atoms with Crippen LogP contribution in [0.25, 0.3) is 5.69 Å². The van der Waals surface area contributed by atoms with Gasteiger partial charge in [-0.05, 0) is 18.6 Å². The second-order valence-electron chi connectivity index (χ2n) is 2.80. The van der Waals surface area contributed by atoms with E-state index in [-0.39, 0.29) is 0 Å². The van der Waals surface area contributed by atoms with Crippen LogP contribution in [0, 0.1) is 6.92 Å². The monoisotopic (exact) mass is 193 g/mol. The molecule has 0 radical (unpaired) electrons. The predicted molar refractivity (Wildman–Crippen MR) is 51.1 cm³/mol. The summed E-state index contributed by atoms with van der Waals surface area (Å²) in [5.41, 5.74) is 2.04. The number of pyridine rings is 1. The van der Waals surface area contributed by atoms with Crippen LogP contribution < -0.4 is 0 Å². The summed E-state index contributed by atoms with van der Waals surface area (Å²) in [6, 6.07) is 3.63. The second-order valence-corrected chi connectivity index (χ2v) is 3.19. The zero-order valence-electron chi connectivity index (χ0n) is 7.11. The Morgan fingerprint density at radius 3 is 2.92 bits per heavy atom. The number of nitrogens with zero attached hydrogens (tertiary/aromatic N) is 3. The van der Waals surface area contributed by atoms with Gasteiger partial charge in [-0.1, -0.05) is 11.6 Å². The zero-order valence-corrected chi connectivity index (χ0v) is 7.86. The molecule has 0 aliphatic carbocycles. The van der Waals surface area contributed by atoms with Crippen LogP contribution in [0.5, 0.6) is 0 Å². The lowest BCUT2D eigenvalue weighted by Gasteiger charge is -1.99. The molecule has 2 heterocycles. The van der Waals surface area contributed by atoms with Crippen molar-refractivity contribution in [3.05, 3.63) is 41.4 Å². The van der Waals surface area contributed by atoms with Crippen LogP contribution in [0.15, 0.2) is 30.7 Å². The maximum Gasteiger partial charge on any atom is 0.131 e. The van der Waals surface area contributed by atoms with Crippen molar-refractivity contribution in [3.63, 3.8) is 0 Å². The SMILES string of the molecule is Cc1cnn(-c2ccnc(Cl)c2)c1. The minimum Gasteiger partial charge on any atom is -0.244 e. The molecule has 0 aliphatic rings. The van der Waals surface area contributed by atoms with Gasteiger partial charge in [0.05, 0.1) is 11.9 Å². The van der Waals surface area contributed by atoms with Gasteiger partial charge in [0.2, 0.25) is 0 Å². The Morgan fingerprint density at radius 1 is 1.46 bits per heavy atom. The third kappa shape index (κ3) is 1.70. The van der Waals surface area contributed by atoms with E-state index in [9.17, 15) is 0 Å². The van der Waals surface area contributed by atoms with Gasteiger partial charge in [-0.15, -0.1) is 0 Å². The molecular weight excluding hydrogens is 186 g/mol. The molecule has 0 bridgehead atoms. The smallest absolute Gasteiger partial charge is 0.131 e. The van der Waals surface area contributed by atoms with E-state index in [1.165, 1.54) is 0 Å². The summed E-state index contributed by atoms with van der Waals surface area (Å²) in [6.07, 6.45) is 5.40. The highest BCUT2D eigenvalue weighted by atomic mass is 35.5. The molecule has 2 aromatic heterocycles. The molecule has 2 rings (SSSR count). The minimum atomic E-state index is 0.477. The number of rotatable bonds is 1. The second kappa shape index (κ2) is 3.18. The largest absolute Gasteiger partial charge is 0.244 e. The van der Waals surface area contributed by atoms with Crippen LogP contribution in [0.4, 0.5) is 0 Å². The number of halogens is 1. The van der Waals surface area contributed by atoms with E-state index in [2.05, 4.69) is 10.1 Å². The lowest BCUT2D eigenvalue weighted by molar-refractivity contribution is 0.877. The first-order valence-electron chi connectivity index (χ1n) is 3.89. The highest BCUT2D eigenvalue weighted by molar-refractivity contribution is 6.29. The van der Waals surface area contributed by atoms with Gasteiger partial charge in [-0.2, -0.15) is 5.10 Å². The Morgan fingerprint density at radius 2 is 2.31 bits per heavy atom. The molecule has 0 aliphatic heterocycles. The molecule has 0 amide bonds. The van der Waals surface area contributed by atoms with Gasteiger partial charge in [-0.3, -0.25) is 0 Å². The van der Waals surface area contributed by atoms with E-state index in [4.69, 9.17) is 11.6 Å². The first-order chi connectivity index (χ1) is 6.25. The molecule has 66 valence electrons. The Hall–Kier alpha value is -1.35. The normalized spacial score (nSPS) is 10.3. The lowest BCUT2D eigenvalue weighted by atomic mass is 10.4. The first-order valence-corrected chi connectivity index (χ1v) is 4.27. The van der Waals surface area contributed by atoms with E-state index in [1.54, 1.807) is 23.1 Å². The molecular formula is C9H8ClN3. The zero-order chi connectivity index (χ0) is 9.26. The fraction of sp³-hybridized carbons (Fsp3) is 0.111. The average molecular weight is 194 g/mol. The molecule has 2 aromatic rings. The highest BCUT2D eigenvalue weighted by Crippen LogP contribution is 2.11. The molecule has 13 heavy (non-hydrogen) atoms. The number of aromatic nitrogens is 3. The van der Waals surface area contributed by atoms with Crippen molar-refractivity contribution < 1.29 is 0 Å². The maximum atomic E-state index is 5.75. The van der Waals surface area contributed by atoms with Gasteiger partial charge < -0.3 is 0 Å². The molecule has 0 N–H and O–H groups in total. The van der Waals surface area contributed by atoms with E-state index >= 15 is 0 Å². The maximum absolute atomic E-state index is 5.75. The van der Waals surface area contributed by atoms with E-state index < -0.39 is 0 Å². The van der Waals surface area contributed by atoms with Gasteiger partial charge in [-0.25, -0.2) is 9.67 Å². The summed E-state index contributed by atoms with van der Waals surface area (Å²) in [7, 11) is 0. The van der Waals surface area contributed by atoms with Gasteiger partial charge >= 0.3 is 0 Å². The summed E-state index contributed by atoms with van der Waals surface area (Å²) in [5.74, 6) is 0. The Kier molecular flexibility index (Phi) is 2.02. The summed E-state index contributed by atoms with van der Waals surface area (Å²) in [5, 5.41) is 4.63. The Bertz CT molecular complexity index is 422. The van der Waals surface area contributed by atoms with Crippen LogP contribution in [0.1, 0.15) is 5.56 Å². The van der Waals surface area contributed by atoms with Crippen LogP contribution in [0.2, 0.25) is 5.15 Å². The number of aryl methyl sites for hydroxylation is 1. The van der Waals surface area contributed by atoms with E-state index in [0.29, 0.717) is 5.15 Å². The number of hydrogen-bond donors (Lipinski definition) is 0. The van der Waals surface area contributed by atoms with Crippen LogP contribution in [-0.4, -0.2) is 14.8 Å². The summed E-state index contributed by atoms with van der Waals surface area (Å²) in [6.45, 7) is 1.99. The van der Waals surface area contributed by atoms with E-state index in [0.717, 1.165) is 11.3 Å². The van der Waals surface area contributed by atoms with Crippen molar-refractivity contribution in [1.82, 2.24) is 14.8 Å². The van der Waals surface area contributed by atoms with Crippen molar-refractivity contribution in [2.75, 3.05) is 0 Å². The molecule has 0 saturated carbocycles. The third-order valence-electron chi connectivity index (χ3n) is 1.69. The van der Waals surface area contributed by atoms with Gasteiger partial charge in [0.25, 0.3) is 0 Å². The summed E-state index contributed by atoms with van der Waals surface area (Å²) in [4.78, 5) is 3.90. The van der Waals surface area contributed by atoms with Crippen molar-refractivity contribution >= 4 is 11.6 Å². The molecule has 0 unspecified atom stereocenters. The quantitative estimate of drug-likeness (QED) is 0.651. The number of hydrogen-bond acceptors (Lipinski definition) is 2. The van der Waals surface area contributed by atoms with Crippen LogP contribution in [-0.2, 0) is 0 Å². The van der Waals surface area contributed by atoms with Gasteiger partial charge in [0, 0.05) is 18.5 Å². The Labute approximate surface area is 81.0 Å². The summed E-state index contributed by atoms with van der Waals surface area (Å²) >= 11 is 5.75. The van der Waals surface area contributed by atoms with Crippen molar-refractivity contribution in [2.24, 2.45) is 0 Å². The topological polar surface area (TPSA) is 30.7 Å². The molecule has 0 spiro atoms. The lowest BCUT2D eigenvalue weighted by Crippen LogP contribution is -1.93. The third-order valence-corrected chi connectivity index (χ3v) is 1.89. The van der Waals surface area contributed by atoms with E-state index in [1.807, 2.05) is 19.2 Å². The molecule has 0 atom stereocenters. The molecule has 0 aromatic carbocycles. The average Bonchev–Trinajstić information content (AvgIpc) is 2.52. The van der Waals surface area contributed by atoms with Crippen molar-refractivity contribution in [2.45, 2.75) is 6.92 Å². The van der Waals surface area contributed by atoms with Gasteiger partial charge in [0.1, 0.15) is 5.15 Å². The molecule has 4 heteroatoms. The standard InChI is InChI=1S/C9H8ClN3/c1-7-5-12-13(6-7)8-2-3-11-9(10)4-8/h2-6H,1H3. The van der Waals surface area contributed by atoms with Gasteiger partial charge in [0.15, 0.2) is 0 Å². The van der Waals surface area contributed by atoms with Crippen molar-refractivity contribution in [1.29, 1.82) is 0 Å². The molecule has 0 saturated heterocycles. The first kappa shape index (κ1) is 8.26. The molecule has 3 nitrogen and oxygen atoms in total. The Balaban J connectivity index is 2.46. The fourth-order valence-electron chi connectivity index (χ4n) is 1.09. The predicted octanol–water partition coefficient (Wildman–Crippen LogP) is 2.23. The van der Waals surface area contributed by atoms with Crippen LogP contribution >= 0.6 is 11.6 Å². The summed E-state index contributed by atoms with van der Waals surface area (Å²) < 4.78 is 1.77. The molecule has 0 fully saturated rings. The minimum absolute atomic E-state index is 0.477. The van der Waals surface area contributed by atoms with Crippen LogP contribution in [0.3, 0.4) is 0 Å².